The lowest BCUT2D eigenvalue weighted by Gasteiger charge is -2.02. The van der Waals surface area contributed by atoms with Gasteiger partial charge in [0.1, 0.15) is 4.21 Å². The Bertz CT molecular complexity index is 426. The molecule has 0 amide bonds. The molecule has 4 nitrogen and oxygen atoms in total. The van der Waals surface area contributed by atoms with Gasteiger partial charge in [-0.3, -0.25) is 0 Å². The molecular weight excluding hydrogens is 256 g/mol. The fourth-order valence-corrected chi connectivity index (χ4v) is 3.80. The standard InChI is InChI=1S/C11H20N2O2S2/c1-3-7-12-9-10-5-6-11(16-10)17(14,15)13-8-4-2/h5-6,12-13H,3-4,7-9H2,1-2H3. The van der Waals surface area contributed by atoms with Crippen LogP contribution in [-0.4, -0.2) is 21.5 Å². The van der Waals surface area contributed by atoms with Gasteiger partial charge in [0.25, 0.3) is 0 Å². The monoisotopic (exact) mass is 276 g/mol. The van der Waals surface area contributed by atoms with Crippen molar-refractivity contribution in [3.63, 3.8) is 0 Å². The molecule has 0 radical (unpaired) electrons. The van der Waals surface area contributed by atoms with Crippen LogP contribution in [0.5, 0.6) is 0 Å². The zero-order valence-corrected chi connectivity index (χ0v) is 12.0. The number of nitrogens with one attached hydrogen (secondary N) is 2. The summed E-state index contributed by atoms with van der Waals surface area (Å²) in [5, 5.41) is 3.25. The fraction of sp³-hybridized carbons (Fsp3) is 0.636. The summed E-state index contributed by atoms with van der Waals surface area (Å²) < 4.78 is 26.6. The molecule has 2 N–H and O–H groups in total. The highest BCUT2D eigenvalue weighted by atomic mass is 32.2. The molecule has 1 aromatic rings. The van der Waals surface area contributed by atoms with Gasteiger partial charge in [0.05, 0.1) is 0 Å². The maximum Gasteiger partial charge on any atom is 0.250 e. The summed E-state index contributed by atoms with van der Waals surface area (Å²) in [5.41, 5.74) is 0. The maximum absolute atomic E-state index is 11.8. The van der Waals surface area contributed by atoms with Crippen LogP contribution in [0.15, 0.2) is 16.3 Å². The van der Waals surface area contributed by atoms with Gasteiger partial charge in [-0.1, -0.05) is 13.8 Å². The largest absolute Gasteiger partial charge is 0.312 e. The summed E-state index contributed by atoms with van der Waals surface area (Å²) in [6.07, 6.45) is 1.88. The van der Waals surface area contributed by atoms with Crippen LogP contribution in [0.2, 0.25) is 0 Å². The second-order valence-corrected chi connectivity index (χ2v) is 6.96. The molecule has 0 atom stereocenters. The van der Waals surface area contributed by atoms with Gasteiger partial charge in [0, 0.05) is 18.0 Å². The van der Waals surface area contributed by atoms with E-state index in [1.54, 1.807) is 6.07 Å². The van der Waals surface area contributed by atoms with Gasteiger partial charge in [0.15, 0.2) is 0 Å². The summed E-state index contributed by atoms with van der Waals surface area (Å²) in [6, 6.07) is 3.54. The average Bonchev–Trinajstić information content (AvgIpc) is 2.76. The molecule has 0 saturated carbocycles. The molecule has 0 unspecified atom stereocenters. The molecule has 0 bridgehead atoms. The highest BCUT2D eigenvalue weighted by Crippen LogP contribution is 2.21. The normalized spacial score (nSPS) is 11.9. The van der Waals surface area contributed by atoms with Gasteiger partial charge in [-0.15, -0.1) is 11.3 Å². The molecule has 17 heavy (non-hydrogen) atoms. The minimum Gasteiger partial charge on any atom is -0.312 e. The van der Waals surface area contributed by atoms with Crippen molar-refractivity contribution in [1.82, 2.24) is 10.0 Å². The van der Waals surface area contributed by atoms with Crippen molar-refractivity contribution in [3.8, 4) is 0 Å². The molecule has 0 aliphatic heterocycles. The Kier molecular flexibility index (Phi) is 6.11. The molecule has 0 spiro atoms. The molecule has 1 heterocycles. The van der Waals surface area contributed by atoms with Gasteiger partial charge in [-0.05, 0) is 31.5 Å². The van der Waals surface area contributed by atoms with E-state index in [0.29, 0.717) is 10.8 Å². The van der Waals surface area contributed by atoms with E-state index in [-0.39, 0.29) is 0 Å². The smallest absolute Gasteiger partial charge is 0.250 e. The van der Waals surface area contributed by atoms with E-state index in [4.69, 9.17) is 0 Å². The Labute approximate surface area is 107 Å². The van der Waals surface area contributed by atoms with Crippen molar-refractivity contribution in [2.75, 3.05) is 13.1 Å². The summed E-state index contributed by atoms with van der Waals surface area (Å²) in [4.78, 5) is 1.05. The topological polar surface area (TPSA) is 58.2 Å². The first-order chi connectivity index (χ1) is 8.10. The van der Waals surface area contributed by atoms with Crippen LogP contribution >= 0.6 is 11.3 Å². The molecule has 98 valence electrons. The predicted octanol–water partition coefficient (Wildman–Crippen LogP) is 1.94. The summed E-state index contributed by atoms with van der Waals surface area (Å²) in [6.45, 7) is 6.22. The van der Waals surface area contributed by atoms with Crippen molar-refractivity contribution < 1.29 is 8.42 Å². The molecule has 0 fully saturated rings. The van der Waals surface area contributed by atoms with E-state index in [0.717, 1.165) is 30.8 Å². The highest BCUT2D eigenvalue weighted by Gasteiger charge is 2.15. The lowest BCUT2D eigenvalue weighted by atomic mass is 10.4. The minimum absolute atomic E-state index is 0.402. The van der Waals surface area contributed by atoms with Crippen molar-refractivity contribution in [2.24, 2.45) is 0 Å². The number of sulfonamides is 1. The second kappa shape index (κ2) is 7.10. The Balaban J connectivity index is 2.60. The first-order valence-corrected chi connectivity index (χ1v) is 8.19. The van der Waals surface area contributed by atoms with Crippen molar-refractivity contribution >= 4 is 21.4 Å². The number of rotatable bonds is 8. The van der Waals surface area contributed by atoms with E-state index in [9.17, 15) is 8.42 Å². The van der Waals surface area contributed by atoms with Gasteiger partial charge >= 0.3 is 0 Å². The zero-order chi connectivity index (χ0) is 12.7. The minimum atomic E-state index is -3.29. The van der Waals surface area contributed by atoms with Crippen LogP contribution in [0.25, 0.3) is 0 Å². The number of hydrogen-bond acceptors (Lipinski definition) is 4. The van der Waals surface area contributed by atoms with Crippen LogP contribution in [-0.2, 0) is 16.6 Å². The van der Waals surface area contributed by atoms with Crippen molar-refractivity contribution in [2.45, 2.75) is 37.4 Å². The van der Waals surface area contributed by atoms with Gasteiger partial charge < -0.3 is 5.32 Å². The highest BCUT2D eigenvalue weighted by molar-refractivity contribution is 7.91. The number of hydrogen-bond donors (Lipinski definition) is 2. The van der Waals surface area contributed by atoms with Gasteiger partial charge in [-0.2, -0.15) is 0 Å². The third kappa shape index (κ3) is 4.75. The summed E-state index contributed by atoms with van der Waals surface area (Å²) in [7, 11) is -3.29. The fourth-order valence-electron chi connectivity index (χ4n) is 1.29. The molecule has 1 aromatic heterocycles. The first-order valence-electron chi connectivity index (χ1n) is 5.89. The summed E-state index contributed by atoms with van der Waals surface area (Å²) >= 11 is 1.33. The molecule has 6 heteroatoms. The van der Waals surface area contributed by atoms with E-state index in [1.807, 2.05) is 13.0 Å². The van der Waals surface area contributed by atoms with Crippen LogP contribution < -0.4 is 10.0 Å². The Hall–Kier alpha value is -0.430. The third-order valence-corrected chi connectivity index (χ3v) is 5.21. The van der Waals surface area contributed by atoms with E-state index in [1.165, 1.54) is 11.3 Å². The average molecular weight is 276 g/mol. The van der Waals surface area contributed by atoms with Crippen LogP contribution in [0.3, 0.4) is 0 Å². The molecule has 0 aliphatic carbocycles. The quantitative estimate of drug-likeness (QED) is 0.713. The van der Waals surface area contributed by atoms with Crippen molar-refractivity contribution in [3.05, 3.63) is 17.0 Å². The Morgan fingerprint density at radius 1 is 1.18 bits per heavy atom. The second-order valence-electron chi connectivity index (χ2n) is 3.80. The van der Waals surface area contributed by atoms with Gasteiger partial charge in [0.2, 0.25) is 10.0 Å². The van der Waals surface area contributed by atoms with Gasteiger partial charge in [-0.25, -0.2) is 13.1 Å². The van der Waals surface area contributed by atoms with Crippen LogP contribution in [0.1, 0.15) is 31.6 Å². The lowest BCUT2D eigenvalue weighted by Crippen LogP contribution is -2.23. The molecule has 0 aromatic carbocycles. The van der Waals surface area contributed by atoms with Crippen molar-refractivity contribution in [1.29, 1.82) is 0 Å². The third-order valence-electron chi connectivity index (χ3n) is 2.17. The van der Waals surface area contributed by atoms with E-state index >= 15 is 0 Å². The van der Waals surface area contributed by atoms with Crippen LogP contribution in [0, 0.1) is 0 Å². The first kappa shape index (κ1) is 14.6. The molecule has 0 aliphatic rings. The maximum atomic E-state index is 11.8. The molecular formula is C11H20N2O2S2. The predicted molar refractivity (Wildman–Crippen MR) is 71.8 cm³/mol. The summed E-state index contributed by atoms with van der Waals surface area (Å²) in [5.74, 6) is 0. The number of thiophene rings is 1. The lowest BCUT2D eigenvalue weighted by molar-refractivity contribution is 0.583. The zero-order valence-electron chi connectivity index (χ0n) is 10.3. The van der Waals surface area contributed by atoms with E-state index in [2.05, 4.69) is 17.0 Å². The van der Waals surface area contributed by atoms with Crippen LogP contribution in [0.4, 0.5) is 0 Å². The SMILES string of the molecule is CCCNCc1ccc(S(=O)(=O)NCCC)s1. The molecule has 1 rings (SSSR count). The Morgan fingerprint density at radius 2 is 1.88 bits per heavy atom. The van der Waals surface area contributed by atoms with E-state index < -0.39 is 10.0 Å². The molecule has 0 saturated heterocycles. The Morgan fingerprint density at radius 3 is 2.53 bits per heavy atom.